The van der Waals surface area contributed by atoms with Crippen LogP contribution in [0.3, 0.4) is 0 Å². The van der Waals surface area contributed by atoms with Gasteiger partial charge in [0.1, 0.15) is 11.9 Å². The number of hydrogen-bond acceptors (Lipinski definition) is 3. The predicted molar refractivity (Wildman–Crippen MR) is 83.4 cm³/mol. The topological polar surface area (TPSA) is 34.1 Å². The molecule has 1 saturated heterocycles. The highest BCUT2D eigenvalue weighted by molar-refractivity contribution is 5.85. The lowest BCUT2D eigenvalue weighted by Gasteiger charge is -2.24. The fraction of sp³-hybridized carbons (Fsp3) is 0.312. The Labute approximate surface area is 125 Å². The molecule has 20 heavy (non-hydrogen) atoms. The number of benzene rings is 1. The van der Waals surface area contributed by atoms with E-state index in [4.69, 9.17) is 4.74 Å². The van der Waals surface area contributed by atoms with E-state index in [0.717, 1.165) is 42.8 Å². The fourth-order valence-electron chi connectivity index (χ4n) is 2.39. The van der Waals surface area contributed by atoms with Gasteiger partial charge in [0.25, 0.3) is 0 Å². The van der Waals surface area contributed by atoms with Crippen LogP contribution in [0, 0.1) is 0 Å². The summed E-state index contributed by atoms with van der Waals surface area (Å²) in [5, 5.41) is 3.35. The first-order valence-corrected chi connectivity index (χ1v) is 6.80. The van der Waals surface area contributed by atoms with Crippen molar-refractivity contribution in [1.29, 1.82) is 0 Å². The summed E-state index contributed by atoms with van der Waals surface area (Å²) in [5.41, 5.74) is 2.28. The minimum Gasteiger partial charge on any atom is -0.490 e. The van der Waals surface area contributed by atoms with Crippen molar-refractivity contribution in [3.05, 3.63) is 48.8 Å². The molecule has 3 rings (SSSR count). The molecule has 0 aliphatic carbocycles. The standard InChI is InChI=1S/C16H18N2O.ClH/c1-3-13(14-4-2-8-18-12-14)11-16(5-1)19-15-6-9-17-10-7-15;/h1-5,8,11-12,15,17H,6-7,9-10H2;1H. The molecule has 2 aromatic rings. The van der Waals surface area contributed by atoms with Crippen LogP contribution in [0.15, 0.2) is 48.8 Å². The number of nitrogens with one attached hydrogen (secondary N) is 1. The zero-order chi connectivity index (χ0) is 12.9. The summed E-state index contributed by atoms with van der Waals surface area (Å²) in [4.78, 5) is 4.16. The van der Waals surface area contributed by atoms with Crippen LogP contribution in [0.1, 0.15) is 12.8 Å². The zero-order valence-electron chi connectivity index (χ0n) is 11.3. The highest BCUT2D eigenvalue weighted by atomic mass is 35.5. The van der Waals surface area contributed by atoms with Gasteiger partial charge < -0.3 is 10.1 Å². The van der Waals surface area contributed by atoms with E-state index in [0.29, 0.717) is 6.10 Å². The largest absolute Gasteiger partial charge is 0.490 e. The van der Waals surface area contributed by atoms with Crippen molar-refractivity contribution in [3.63, 3.8) is 0 Å². The maximum absolute atomic E-state index is 6.06. The zero-order valence-corrected chi connectivity index (χ0v) is 12.1. The molecular formula is C16H19ClN2O. The van der Waals surface area contributed by atoms with Gasteiger partial charge in [0.15, 0.2) is 0 Å². The highest BCUT2D eigenvalue weighted by Gasteiger charge is 2.14. The van der Waals surface area contributed by atoms with Gasteiger partial charge in [0.2, 0.25) is 0 Å². The van der Waals surface area contributed by atoms with Crippen molar-refractivity contribution < 1.29 is 4.74 Å². The van der Waals surface area contributed by atoms with Gasteiger partial charge in [-0.3, -0.25) is 4.98 Å². The molecule has 0 unspecified atom stereocenters. The number of pyridine rings is 1. The molecule has 3 nitrogen and oxygen atoms in total. The van der Waals surface area contributed by atoms with Gasteiger partial charge in [-0.15, -0.1) is 12.4 Å². The first kappa shape index (κ1) is 14.8. The van der Waals surface area contributed by atoms with Crippen LogP contribution in [0.5, 0.6) is 5.75 Å². The van der Waals surface area contributed by atoms with Crippen LogP contribution >= 0.6 is 12.4 Å². The molecule has 1 aromatic heterocycles. The summed E-state index contributed by atoms with van der Waals surface area (Å²) in [6.45, 7) is 2.10. The second-order valence-electron chi connectivity index (χ2n) is 4.84. The summed E-state index contributed by atoms with van der Waals surface area (Å²) < 4.78 is 6.06. The summed E-state index contributed by atoms with van der Waals surface area (Å²) in [5.74, 6) is 0.952. The number of piperidine rings is 1. The second kappa shape index (κ2) is 7.27. The van der Waals surface area contributed by atoms with E-state index < -0.39 is 0 Å². The van der Waals surface area contributed by atoms with Crippen molar-refractivity contribution in [3.8, 4) is 16.9 Å². The van der Waals surface area contributed by atoms with E-state index in [1.165, 1.54) is 0 Å². The number of rotatable bonds is 3. The Morgan fingerprint density at radius 1 is 1.05 bits per heavy atom. The molecular weight excluding hydrogens is 272 g/mol. The Bertz CT molecular complexity index is 527. The third-order valence-corrected chi connectivity index (χ3v) is 3.42. The minimum atomic E-state index is 0. The third kappa shape index (κ3) is 3.71. The number of hydrogen-bond donors (Lipinski definition) is 1. The number of aromatic nitrogens is 1. The molecule has 2 heterocycles. The summed E-state index contributed by atoms with van der Waals surface area (Å²) >= 11 is 0. The van der Waals surface area contributed by atoms with Crippen molar-refractivity contribution >= 4 is 12.4 Å². The van der Waals surface area contributed by atoms with Gasteiger partial charge in [-0.25, -0.2) is 0 Å². The fourth-order valence-corrected chi connectivity index (χ4v) is 2.39. The molecule has 1 aliphatic heterocycles. The van der Waals surface area contributed by atoms with E-state index in [-0.39, 0.29) is 12.4 Å². The summed E-state index contributed by atoms with van der Waals surface area (Å²) in [6, 6.07) is 12.3. The molecule has 4 heteroatoms. The van der Waals surface area contributed by atoms with E-state index in [1.807, 2.05) is 24.4 Å². The minimum absolute atomic E-state index is 0. The molecule has 1 fully saturated rings. The lowest BCUT2D eigenvalue weighted by molar-refractivity contribution is 0.162. The first-order valence-electron chi connectivity index (χ1n) is 6.80. The van der Waals surface area contributed by atoms with Crippen LogP contribution in [0.4, 0.5) is 0 Å². The maximum Gasteiger partial charge on any atom is 0.120 e. The van der Waals surface area contributed by atoms with Crippen LogP contribution in [0.25, 0.3) is 11.1 Å². The van der Waals surface area contributed by atoms with Gasteiger partial charge in [0.05, 0.1) is 0 Å². The molecule has 1 aromatic carbocycles. The van der Waals surface area contributed by atoms with E-state index in [1.54, 1.807) is 6.20 Å². The maximum atomic E-state index is 6.06. The molecule has 0 saturated carbocycles. The van der Waals surface area contributed by atoms with Gasteiger partial charge in [-0.05, 0) is 49.7 Å². The van der Waals surface area contributed by atoms with Crippen molar-refractivity contribution in [2.45, 2.75) is 18.9 Å². The molecule has 1 N–H and O–H groups in total. The Kier molecular flexibility index (Phi) is 5.39. The van der Waals surface area contributed by atoms with Crippen LogP contribution in [0.2, 0.25) is 0 Å². The van der Waals surface area contributed by atoms with Crippen LogP contribution in [-0.2, 0) is 0 Å². The van der Waals surface area contributed by atoms with Crippen molar-refractivity contribution in [2.24, 2.45) is 0 Å². The molecule has 0 radical (unpaired) electrons. The average molecular weight is 291 g/mol. The Morgan fingerprint density at radius 2 is 1.85 bits per heavy atom. The Balaban J connectivity index is 0.00000147. The van der Waals surface area contributed by atoms with E-state index in [9.17, 15) is 0 Å². The van der Waals surface area contributed by atoms with E-state index in [2.05, 4.69) is 28.5 Å². The lowest BCUT2D eigenvalue weighted by atomic mass is 10.1. The van der Waals surface area contributed by atoms with Gasteiger partial charge in [-0.1, -0.05) is 18.2 Å². The first-order chi connectivity index (χ1) is 9.42. The predicted octanol–water partition coefficient (Wildman–Crippen LogP) is 3.30. The van der Waals surface area contributed by atoms with Gasteiger partial charge in [-0.2, -0.15) is 0 Å². The molecule has 0 bridgehead atoms. The molecule has 0 amide bonds. The smallest absolute Gasteiger partial charge is 0.120 e. The molecule has 0 spiro atoms. The van der Waals surface area contributed by atoms with E-state index >= 15 is 0 Å². The summed E-state index contributed by atoms with van der Waals surface area (Å²) in [7, 11) is 0. The molecule has 1 aliphatic rings. The van der Waals surface area contributed by atoms with Crippen molar-refractivity contribution in [2.75, 3.05) is 13.1 Å². The summed E-state index contributed by atoms with van der Waals surface area (Å²) in [6.07, 6.45) is 6.17. The normalized spacial score (nSPS) is 15.4. The molecule has 0 atom stereocenters. The second-order valence-corrected chi connectivity index (χ2v) is 4.84. The third-order valence-electron chi connectivity index (χ3n) is 3.42. The van der Waals surface area contributed by atoms with Crippen LogP contribution < -0.4 is 10.1 Å². The average Bonchev–Trinajstić information content (AvgIpc) is 2.49. The number of halogens is 1. The quantitative estimate of drug-likeness (QED) is 0.942. The van der Waals surface area contributed by atoms with Gasteiger partial charge in [0, 0.05) is 18.0 Å². The SMILES string of the molecule is Cl.c1cncc(-c2cccc(OC3CCNCC3)c2)c1. The Morgan fingerprint density at radius 3 is 2.60 bits per heavy atom. The van der Waals surface area contributed by atoms with Gasteiger partial charge >= 0.3 is 0 Å². The monoisotopic (exact) mass is 290 g/mol. The highest BCUT2D eigenvalue weighted by Crippen LogP contribution is 2.24. The number of nitrogens with zero attached hydrogens (tertiary/aromatic N) is 1. The van der Waals surface area contributed by atoms with Crippen molar-refractivity contribution in [1.82, 2.24) is 10.3 Å². The van der Waals surface area contributed by atoms with Crippen LogP contribution in [-0.4, -0.2) is 24.2 Å². The Hall–Kier alpha value is -1.58. The number of ether oxygens (including phenoxy) is 1. The molecule has 106 valence electrons. The lowest BCUT2D eigenvalue weighted by Crippen LogP contribution is -2.34.